The van der Waals surface area contributed by atoms with Crippen molar-refractivity contribution >= 4 is 13.3 Å². The van der Waals surface area contributed by atoms with Crippen LogP contribution >= 0.6 is 8.03 Å². The van der Waals surface area contributed by atoms with Gasteiger partial charge >= 0.3 is 37.6 Å². The van der Waals surface area contributed by atoms with Gasteiger partial charge in [0.05, 0.1) is 0 Å². The Morgan fingerprint density at radius 3 is 1.91 bits per heavy atom. The molecule has 1 aromatic rings. The zero-order chi connectivity index (χ0) is 6.69. The summed E-state index contributed by atoms with van der Waals surface area (Å²) in [6, 6.07) is 8.29. The summed E-state index contributed by atoms with van der Waals surface area (Å²) < 4.78 is 10.2. The fraction of sp³-hybridized carbons (Fsp3) is 0. The monoisotopic (exact) mass is 181 g/mol. The van der Waals surface area contributed by atoms with Crippen LogP contribution in [0, 0.1) is 0 Å². The van der Waals surface area contributed by atoms with Crippen LogP contribution in [0.5, 0.6) is 0 Å². The molecular formula is C6H7NaO3P+. The summed E-state index contributed by atoms with van der Waals surface area (Å²) in [4.78, 5) is 10.2. The largest absolute Gasteiger partial charge is 1.00 e. The van der Waals surface area contributed by atoms with E-state index in [1.54, 1.807) is 30.3 Å². The van der Waals surface area contributed by atoms with E-state index in [2.05, 4.69) is 0 Å². The van der Waals surface area contributed by atoms with E-state index < -0.39 is 8.03 Å². The molecule has 0 heterocycles. The normalized spacial score (nSPS) is 9.00. The molecular weight excluding hydrogens is 174 g/mol. The van der Waals surface area contributed by atoms with Gasteiger partial charge in [-0.2, -0.15) is 0 Å². The van der Waals surface area contributed by atoms with Crippen molar-refractivity contribution in [3.63, 3.8) is 0 Å². The summed E-state index contributed by atoms with van der Waals surface area (Å²) in [7, 11) is -2.40. The SMILES string of the molecule is O.O=[P+]([O-])c1ccccc1.[Na+]. The Hall–Kier alpha value is 0.240. The van der Waals surface area contributed by atoms with Crippen LogP contribution in [0.1, 0.15) is 0 Å². The first-order valence-electron chi connectivity index (χ1n) is 2.50. The molecule has 1 atom stereocenters. The van der Waals surface area contributed by atoms with Crippen LogP contribution in [-0.4, -0.2) is 5.48 Å². The van der Waals surface area contributed by atoms with Gasteiger partial charge in [-0.1, -0.05) is 22.8 Å². The Kier molecular flexibility index (Phi) is 8.68. The molecule has 0 spiro atoms. The molecule has 0 aliphatic carbocycles. The van der Waals surface area contributed by atoms with Gasteiger partial charge in [-0.05, 0) is 12.1 Å². The first kappa shape index (κ1) is 13.8. The van der Waals surface area contributed by atoms with Crippen LogP contribution in [0.2, 0.25) is 0 Å². The minimum absolute atomic E-state index is 0. The van der Waals surface area contributed by atoms with E-state index in [1.807, 2.05) is 0 Å². The second-order valence-electron chi connectivity index (χ2n) is 1.59. The molecule has 0 aliphatic heterocycles. The predicted octanol–water partition coefficient (Wildman–Crippen LogP) is -3.41. The summed E-state index contributed by atoms with van der Waals surface area (Å²) in [6.45, 7) is 0. The van der Waals surface area contributed by atoms with Crippen LogP contribution in [0.3, 0.4) is 0 Å². The van der Waals surface area contributed by atoms with Crippen molar-refractivity contribution in [2.45, 2.75) is 0 Å². The Labute approximate surface area is 87.9 Å². The fourth-order valence-corrected chi connectivity index (χ4v) is 0.965. The minimum atomic E-state index is -2.40. The van der Waals surface area contributed by atoms with Crippen LogP contribution in [0.15, 0.2) is 30.3 Å². The van der Waals surface area contributed by atoms with Crippen molar-refractivity contribution in [2.75, 3.05) is 0 Å². The maximum Gasteiger partial charge on any atom is 1.00 e. The van der Waals surface area contributed by atoms with Gasteiger partial charge in [0.1, 0.15) is 0 Å². The van der Waals surface area contributed by atoms with Gasteiger partial charge in [0.15, 0.2) is 5.30 Å². The molecule has 0 bridgehead atoms. The van der Waals surface area contributed by atoms with Crippen LogP contribution in [0.25, 0.3) is 0 Å². The van der Waals surface area contributed by atoms with E-state index >= 15 is 0 Å². The topological polar surface area (TPSA) is 71.6 Å². The summed E-state index contributed by atoms with van der Waals surface area (Å²) in [5.41, 5.74) is 0. The standard InChI is InChI=1S/C6H5O2P.Na.H2O/c7-9(8)6-4-2-1-3-5-6;;/h1-5H;;1H2/q;+1;. The predicted molar refractivity (Wildman–Crippen MR) is 37.3 cm³/mol. The average Bonchev–Trinajstić information content (AvgIpc) is 1.90. The fourth-order valence-electron chi connectivity index (χ4n) is 0.550. The molecule has 1 rings (SSSR count). The Morgan fingerprint density at radius 1 is 1.18 bits per heavy atom. The molecule has 0 saturated carbocycles. The van der Waals surface area contributed by atoms with E-state index in [-0.39, 0.29) is 35.0 Å². The van der Waals surface area contributed by atoms with Crippen molar-refractivity contribution in [3.05, 3.63) is 30.3 Å². The van der Waals surface area contributed by atoms with Crippen LogP contribution < -0.4 is 39.8 Å². The van der Waals surface area contributed by atoms with Gasteiger partial charge in [-0.25, -0.2) is 0 Å². The summed E-state index contributed by atoms with van der Waals surface area (Å²) in [5, 5.41) is 0.368. The average molecular weight is 181 g/mol. The molecule has 1 unspecified atom stereocenters. The summed E-state index contributed by atoms with van der Waals surface area (Å²) in [6.07, 6.45) is 0. The van der Waals surface area contributed by atoms with Crippen LogP contribution in [-0.2, 0) is 4.57 Å². The van der Waals surface area contributed by atoms with Crippen LogP contribution in [0.4, 0.5) is 0 Å². The van der Waals surface area contributed by atoms with Crippen molar-refractivity contribution in [3.8, 4) is 0 Å². The smallest absolute Gasteiger partial charge is 0.591 e. The van der Waals surface area contributed by atoms with Crippen molar-refractivity contribution < 1.29 is 44.5 Å². The molecule has 0 saturated heterocycles. The molecule has 1 aromatic carbocycles. The number of hydrogen-bond donors (Lipinski definition) is 0. The van der Waals surface area contributed by atoms with Gasteiger partial charge in [0, 0.05) is 0 Å². The molecule has 3 nitrogen and oxygen atoms in total. The number of benzene rings is 1. The van der Waals surface area contributed by atoms with Gasteiger partial charge in [0.2, 0.25) is 0 Å². The quantitative estimate of drug-likeness (QED) is 0.334. The molecule has 5 heteroatoms. The van der Waals surface area contributed by atoms with Gasteiger partial charge in [-0.3, -0.25) is 0 Å². The van der Waals surface area contributed by atoms with Crippen molar-refractivity contribution in [1.82, 2.24) is 0 Å². The molecule has 0 aliphatic rings. The first-order chi connectivity index (χ1) is 4.30. The Morgan fingerprint density at radius 2 is 1.64 bits per heavy atom. The van der Waals surface area contributed by atoms with E-state index in [0.717, 1.165) is 0 Å². The zero-order valence-electron chi connectivity index (χ0n) is 6.15. The molecule has 0 aromatic heterocycles. The van der Waals surface area contributed by atoms with E-state index in [0.29, 0.717) is 5.30 Å². The number of rotatable bonds is 1. The Balaban J connectivity index is 0. The maximum absolute atomic E-state index is 10.2. The molecule has 11 heavy (non-hydrogen) atoms. The molecule has 54 valence electrons. The van der Waals surface area contributed by atoms with E-state index in [9.17, 15) is 9.46 Å². The molecule has 0 amide bonds. The van der Waals surface area contributed by atoms with Crippen molar-refractivity contribution in [2.24, 2.45) is 0 Å². The molecule has 0 fully saturated rings. The second kappa shape index (κ2) is 6.92. The van der Waals surface area contributed by atoms with Gasteiger partial charge < -0.3 is 10.4 Å². The third kappa shape index (κ3) is 4.64. The maximum atomic E-state index is 10.2. The number of hydrogen-bond acceptors (Lipinski definition) is 2. The first-order valence-corrected chi connectivity index (χ1v) is 3.68. The van der Waals surface area contributed by atoms with Gasteiger partial charge in [-0.15, -0.1) is 0 Å². The third-order valence-corrected chi connectivity index (χ3v) is 1.69. The van der Waals surface area contributed by atoms with Crippen molar-refractivity contribution in [1.29, 1.82) is 0 Å². The van der Waals surface area contributed by atoms with E-state index in [4.69, 9.17) is 0 Å². The third-order valence-electron chi connectivity index (χ3n) is 0.967. The Bertz CT molecular complexity index is 214. The summed E-state index contributed by atoms with van der Waals surface area (Å²) >= 11 is 0. The summed E-state index contributed by atoms with van der Waals surface area (Å²) in [5.74, 6) is 0. The van der Waals surface area contributed by atoms with E-state index in [1.165, 1.54) is 0 Å². The molecule has 0 radical (unpaired) electrons. The zero-order valence-corrected chi connectivity index (χ0v) is 9.04. The molecule has 2 N–H and O–H groups in total. The van der Waals surface area contributed by atoms with Gasteiger partial charge in [0.25, 0.3) is 0 Å². The second-order valence-corrected chi connectivity index (χ2v) is 2.62. The minimum Gasteiger partial charge on any atom is -0.591 e.